The average molecular weight is 333 g/mol. The Morgan fingerprint density at radius 2 is 1.92 bits per heavy atom. The molecule has 24 heavy (non-hydrogen) atoms. The number of esters is 1. The topological polar surface area (TPSA) is 55.8 Å². The number of carbonyl (C=O) groups excluding carboxylic acids is 2. The maximum atomic E-state index is 12.2. The molecular weight excluding hydrogens is 306 g/mol. The van der Waals surface area contributed by atoms with E-state index in [-0.39, 0.29) is 17.8 Å². The van der Waals surface area contributed by atoms with Gasteiger partial charge in [0.1, 0.15) is 5.75 Å². The van der Waals surface area contributed by atoms with Gasteiger partial charge < -0.3 is 14.4 Å². The van der Waals surface area contributed by atoms with Gasteiger partial charge in [0.2, 0.25) is 5.91 Å². The van der Waals surface area contributed by atoms with Crippen LogP contribution in [0.1, 0.15) is 38.2 Å². The molecule has 5 nitrogen and oxygen atoms in total. The molecule has 0 N–H and O–H groups in total. The number of para-hydroxylation sites is 1. The zero-order chi connectivity index (χ0) is 17.4. The molecule has 0 radical (unpaired) electrons. The van der Waals surface area contributed by atoms with Crippen LogP contribution < -0.4 is 4.74 Å². The Balaban J connectivity index is 1.65. The van der Waals surface area contributed by atoms with Gasteiger partial charge in [0.05, 0.1) is 19.1 Å². The second-order valence-corrected chi connectivity index (χ2v) is 6.12. The van der Waals surface area contributed by atoms with Crippen molar-refractivity contribution in [3.63, 3.8) is 0 Å². The van der Waals surface area contributed by atoms with Crippen molar-refractivity contribution in [1.29, 1.82) is 0 Å². The van der Waals surface area contributed by atoms with Crippen LogP contribution in [0.25, 0.3) is 0 Å². The molecular formula is C19H27NO4. The molecule has 0 aliphatic carbocycles. The largest absolute Gasteiger partial charge is 0.493 e. The number of hydrogen-bond donors (Lipinski definition) is 0. The molecule has 1 aliphatic heterocycles. The van der Waals surface area contributed by atoms with Crippen LogP contribution >= 0.6 is 0 Å². The van der Waals surface area contributed by atoms with Gasteiger partial charge in [-0.05, 0) is 44.7 Å². The van der Waals surface area contributed by atoms with E-state index < -0.39 is 0 Å². The lowest BCUT2D eigenvalue weighted by molar-refractivity contribution is -0.151. The molecule has 1 fully saturated rings. The van der Waals surface area contributed by atoms with Crippen molar-refractivity contribution in [2.75, 3.05) is 26.3 Å². The lowest BCUT2D eigenvalue weighted by atomic mass is 9.97. The first-order valence-electron chi connectivity index (χ1n) is 8.74. The van der Waals surface area contributed by atoms with Crippen molar-refractivity contribution >= 4 is 11.9 Å². The fraction of sp³-hybridized carbons (Fsp3) is 0.579. The monoisotopic (exact) mass is 333 g/mol. The summed E-state index contributed by atoms with van der Waals surface area (Å²) in [5, 5.41) is 0. The highest BCUT2D eigenvalue weighted by Gasteiger charge is 2.27. The number of piperidine rings is 1. The van der Waals surface area contributed by atoms with Crippen molar-refractivity contribution in [3.05, 3.63) is 29.8 Å². The van der Waals surface area contributed by atoms with Crippen LogP contribution in [0.2, 0.25) is 0 Å². The average Bonchev–Trinajstić information content (AvgIpc) is 2.60. The van der Waals surface area contributed by atoms with Gasteiger partial charge in [-0.15, -0.1) is 0 Å². The Kier molecular flexibility index (Phi) is 7.09. The molecule has 1 aromatic rings. The van der Waals surface area contributed by atoms with Crippen molar-refractivity contribution in [2.24, 2.45) is 5.92 Å². The summed E-state index contributed by atoms with van der Waals surface area (Å²) in [5.41, 5.74) is 1.10. The first kappa shape index (κ1) is 18.3. The van der Waals surface area contributed by atoms with Crippen molar-refractivity contribution in [2.45, 2.75) is 39.5 Å². The maximum absolute atomic E-state index is 12.2. The highest BCUT2D eigenvalue weighted by atomic mass is 16.5. The van der Waals surface area contributed by atoms with Gasteiger partial charge in [-0.1, -0.05) is 18.2 Å². The predicted molar refractivity (Wildman–Crippen MR) is 91.8 cm³/mol. The zero-order valence-corrected chi connectivity index (χ0v) is 14.6. The quantitative estimate of drug-likeness (QED) is 0.569. The van der Waals surface area contributed by atoms with Gasteiger partial charge in [0.15, 0.2) is 0 Å². The minimum Gasteiger partial charge on any atom is -0.493 e. The Morgan fingerprint density at radius 3 is 2.58 bits per heavy atom. The minimum absolute atomic E-state index is 0.0570. The summed E-state index contributed by atoms with van der Waals surface area (Å²) in [4.78, 5) is 25.8. The molecule has 0 bridgehead atoms. The van der Waals surface area contributed by atoms with Crippen molar-refractivity contribution < 1.29 is 19.1 Å². The van der Waals surface area contributed by atoms with Crippen LogP contribution in [0.5, 0.6) is 5.75 Å². The summed E-state index contributed by atoms with van der Waals surface area (Å²) < 4.78 is 10.8. The van der Waals surface area contributed by atoms with E-state index in [0.717, 1.165) is 11.3 Å². The van der Waals surface area contributed by atoms with E-state index in [1.165, 1.54) is 0 Å². The van der Waals surface area contributed by atoms with E-state index in [4.69, 9.17) is 9.47 Å². The number of likely N-dealkylation sites (tertiary alicyclic amines) is 1. The smallest absolute Gasteiger partial charge is 0.309 e. The molecule has 132 valence electrons. The Hall–Kier alpha value is -2.04. The zero-order valence-electron chi connectivity index (χ0n) is 14.6. The third kappa shape index (κ3) is 5.25. The second kappa shape index (κ2) is 9.30. The van der Waals surface area contributed by atoms with Crippen LogP contribution in [-0.2, 0) is 14.3 Å². The summed E-state index contributed by atoms with van der Waals surface area (Å²) in [6.45, 7) is 6.06. The third-order valence-corrected chi connectivity index (χ3v) is 4.35. The minimum atomic E-state index is -0.128. The number of benzene rings is 1. The summed E-state index contributed by atoms with van der Waals surface area (Å²) in [6.07, 6.45) is 2.58. The van der Waals surface area contributed by atoms with E-state index >= 15 is 0 Å². The van der Waals surface area contributed by atoms with Crippen LogP contribution in [0.15, 0.2) is 24.3 Å². The summed E-state index contributed by atoms with van der Waals surface area (Å²) >= 11 is 0. The number of ether oxygens (including phenoxy) is 2. The van der Waals surface area contributed by atoms with Gasteiger partial charge in [0, 0.05) is 19.5 Å². The maximum Gasteiger partial charge on any atom is 0.309 e. The second-order valence-electron chi connectivity index (χ2n) is 6.12. The molecule has 0 saturated carbocycles. The van der Waals surface area contributed by atoms with Gasteiger partial charge in [0.25, 0.3) is 0 Å². The first-order valence-corrected chi connectivity index (χ1v) is 8.74. The Labute approximate surface area is 143 Å². The molecule has 0 spiro atoms. The number of amides is 1. The number of carbonyl (C=O) groups is 2. The van der Waals surface area contributed by atoms with E-state index in [1.807, 2.05) is 43.0 Å². The lowest BCUT2D eigenvalue weighted by Gasteiger charge is -2.31. The van der Waals surface area contributed by atoms with Gasteiger partial charge >= 0.3 is 5.97 Å². The molecule has 1 aliphatic rings. The Bertz CT molecular complexity index is 550. The lowest BCUT2D eigenvalue weighted by Crippen LogP contribution is -2.40. The van der Waals surface area contributed by atoms with Crippen LogP contribution in [-0.4, -0.2) is 43.1 Å². The fourth-order valence-electron chi connectivity index (χ4n) is 2.91. The number of hydrogen-bond acceptors (Lipinski definition) is 4. The number of nitrogens with zero attached hydrogens (tertiary/aromatic N) is 1. The van der Waals surface area contributed by atoms with Crippen molar-refractivity contribution in [1.82, 2.24) is 4.90 Å². The van der Waals surface area contributed by atoms with Crippen LogP contribution in [0.3, 0.4) is 0 Å². The molecule has 5 heteroatoms. The molecule has 1 saturated heterocycles. The third-order valence-electron chi connectivity index (χ3n) is 4.35. The van der Waals surface area contributed by atoms with E-state index in [9.17, 15) is 9.59 Å². The molecule has 0 unspecified atom stereocenters. The molecule has 0 aromatic heterocycles. The molecule has 1 amide bonds. The van der Waals surface area contributed by atoms with E-state index in [2.05, 4.69) is 0 Å². The number of aryl methyl sites for hydroxylation is 1. The van der Waals surface area contributed by atoms with E-state index in [1.54, 1.807) is 0 Å². The van der Waals surface area contributed by atoms with Crippen molar-refractivity contribution in [3.8, 4) is 5.75 Å². The van der Waals surface area contributed by atoms with Gasteiger partial charge in [-0.25, -0.2) is 0 Å². The fourth-order valence-corrected chi connectivity index (χ4v) is 2.91. The van der Waals surface area contributed by atoms with Gasteiger partial charge in [-0.2, -0.15) is 0 Å². The Morgan fingerprint density at radius 1 is 1.21 bits per heavy atom. The standard InChI is InChI=1S/C19H27NO4/c1-3-23-19(22)16-10-12-20(13-11-16)18(21)9-6-14-24-17-8-5-4-7-15(17)2/h4-5,7-8,16H,3,6,9-14H2,1-2H3. The highest BCUT2D eigenvalue weighted by Crippen LogP contribution is 2.20. The van der Waals surface area contributed by atoms with E-state index in [0.29, 0.717) is 52.0 Å². The summed E-state index contributed by atoms with van der Waals surface area (Å²) in [5.74, 6) is 0.834. The normalized spacial score (nSPS) is 15.2. The van der Waals surface area contributed by atoms with Crippen LogP contribution in [0.4, 0.5) is 0 Å². The molecule has 2 rings (SSSR count). The summed E-state index contributed by atoms with van der Waals surface area (Å²) in [6, 6.07) is 7.87. The number of rotatable bonds is 7. The van der Waals surface area contributed by atoms with Crippen LogP contribution in [0, 0.1) is 12.8 Å². The SMILES string of the molecule is CCOC(=O)C1CCN(C(=O)CCCOc2ccccc2C)CC1. The molecule has 1 heterocycles. The predicted octanol–water partition coefficient (Wildman–Crippen LogP) is 2.96. The molecule has 1 aromatic carbocycles. The first-order chi connectivity index (χ1) is 11.6. The summed E-state index contributed by atoms with van der Waals surface area (Å²) in [7, 11) is 0. The molecule has 0 atom stereocenters. The highest BCUT2D eigenvalue weighted by molar-refractivity contribution is 5.77. The van der Waals surface area contributed by atoms with Gasteiger partial charge in [-0.3, -0.25) is 9.59 Å².